The fourth-order valence-corrected chi connectivity index (χ4v) is 2.79. The summed E-state index contributed by atoms with van der Waals surface area (Å²) in [5, 5.41) is 10.3. The molecule has 2 heterocycles. The molecule has 0 N–H and O–H groups in total. The van der Waals surface area contributed by atoms with Crippen LogP contribution in [0.2, 0.25) is 0 Å². The van der Waals surface area contributed by atoms with Gasteiger partial charge in [-0.1, -0.05) is 17.2 Å². The van der Waals surface area contributed by atoms with Crippen molar-refractivity contribution in [3.63, 3.8) is 0 Å². The molecule has 0 radical (unpaired) electrons. The predicted octanol–water partition coefficient (Wildman–Crippen LogP) is 4.39. The minimum Gasteiger partial charge on any atom is -0.416 e. The first kappa shape index (κ1) is 12.1. The van der Waals surface area contributed by atoms with Crippen molar-refractivity contribution in [2.45, 2.75) is 20.8 Å². The van der Waals surface area contributed by atoms with Gasteiger partial charge in [-0.05, 0) is 39.0 Å². The lowest BCUT2D eigenvalue weighted by Gasteiger charge is -1.99. The SMILES string of the molecule is Cc1cc(C)cc(-c2nnc(-c3csc(C)c3)o2)c1. The van der Waals surface area contributed by atoms with Crippen molar-refractivity contribution in [1.82, 2.24) is 10.2 Å². The van der Waals surface area contributed by atoms with Crippen LogP contribution in [0, 0.1) is 20.8 Å². The van der Waals surface area contributed by atoms with Crippen molar-refractivity contribution in [3.05, 3.63) is 45.6 Å². The predicted molar refractivity (Wildman–Crippen MR) is 77.3 cm³/mol. The zero-order chi connectivity index (χ0) is 13.4. The third-order valence-electron chi connectivity index (χ3n) is 2.87. The van der Waals surface area contributed by atoms with E-state index in [1.54, 1.807) is 11.3 Å². The van der Waals surface area contributed by atoms with Crippen LogP contribution in [0.3, 0.4) is 0 Å². The molecule has 3 nitrogen and oxygen atoms in total. The highest BCUT2D eigenvalue weighted by Gasteiger charge is 2.12. The second-order valence-electron chi connectivity index (χ2n) is 4.73. The van der Waals surface area contributed by atoms with E-state index in [4.69, 9.17) is 4.42 Å². The third-order valence-corrected chi connectivity index (χ3v) is 3.73. The first-order valence-electron chi connectivity index (χ1n) is 6.09. The summed E-state index contributed by atoms with van der Waals surface area (Å²) in [7, 11) is 0. The van der Waals surface area contributed by atoms with E-state index in [-0.39, 0.29) is 0 Å². The van der Waals surface area contributed by atoms with Gasteiger partial charge < -0.3 is 4.42 Å². The minimum absolute atomic E-state index is 0.575. The van der Waals surface area contributed by atoms with E-state index in [1.807, 2.05) is 5.38 Å². The van der Waals surface area contributed by atoms with Gasteiger partial charge in [-0.3, -0.25) is 0 Å². The Morgan fingerprint density at radius 3 is 2.05 bits per heavy atom. The van der Waals surface area contributed by atoms with E-state index >= 15 is 0 Å². The fourth-order valence-electron chi connectivity index (χ4n) is 2.11. The van der Waals surface area contributed by atoms with Crippen molar-refractivity contribution in [3.8, 4) is 22.9 Å². The zero-order valence-electron chi connectivity index (χ0n) is 11.1. The van der Waals surface area contributed by atoms with Crippen LogP contribution < -0.4 is 0 Å². The molecule has 0 fully saturated rings. The molecule has 96 valence electrons. The van der Waals surface area contributed by atoms with Gasteiger partial charge in [0.1, 0.15) is 0 Å². The Kier molecular flexibility index (Phi) is 2.95. The summed E-state index contributed by atoms with van der Waals surface area (Å²) in [6.07, 6.45) is 0. The number of hydrogen-bond donors (Lipinski definition) is 0. The second kappa shape index (κ2) is 4.63. The number of nitrogens with zero attached hydrogens (tertiary/aromatic N) is 2. The molecule has 2 aromatic heterocycles. The summed E-state index contributed by atoms with van der Waals surface area (Å²) in [5.41, 5.74) is 4.36. The van der Waals surface area contributed by atoms with Crippen molar-refractivity contribution >= 4 is 11.3 Å². The van der Waals surface area contributed by atoms with Crippen molar-refractivity contribution in [2.75, 3.05) is 0 Å². The quantitative estimate of drug-likeness (QED) is 0.693. The Balaban J connectivity index is 2.01. The maximum Gasteiger partial charge on any atom is 0.249 e. The van der Waals surface area contributed by atoms with E-state index in [9.17, 15) is 0 Å². The van der Waals surface area contributed by atoms with Crippen molar-refractivity contribution in [1.29, 1.82) is 0 Å². The van der Waals surface area contributed by atoms with Crippen LogP contribution in [-0.4, -0.2) is 10.2 Å². The molecule has 0 saturated heterocycles. The first-order valence-corrected chi connectivity index (χ1v) is 6.97. The number of rotatable bonds is 2. The molecule has 4 heteroatoms. The largest absolute Gasteiger partial charge is 0.416 e. The second-order valence-corrected chi connectivity index (χ2v) is 5.85. The van der Waals surface area contributed by atoms with Crippen LogP contribution >= 0.6 is 11.3 Å². The number of aromatic nitrogens is 2. The van der Waals surface area contributed by atoms with E-state index in [2.05, 4.69) is 55.2 Å². The molecule has 0 unspecified atom stereocenters. The lowest BCUT2D eigenvalue weighted by atomic mass is 10.1. The number of hydrogen-bond acceptors (Lipinski definition) is 4. The lowest BCUT2D eigenvalue weighted by molar-refractivity contribution is 0.584. The van der Waals surface area contributed by atoms with Gasteiger partial charge in [-0.25, -0.2) is 0 Å². The van der Waals surface area contributed by atoms with Crippen molar-refractivity contribution in [2.24, 2.45) is 0 Å². The Bertz CT molecular complexity index is 707. The van der Waals surface area contributed by atoms with E-state index in [1.165, 1.54) is 16.0 Å². The number of aryl methyl sites for hydroxylation is 3. The molecule has 0 saturated carbocycles. The van der Waals surface area contributed by atoms with Gasteiger partial charge in [0.15, 0.2) is 0 Å². The highest BCUT2D eigenvalue weighted by molar-refractivity contribution is 7.10. The van der Waals surface area contributed by atoms with Gasteiger partial charge in [-0.2, -0.15) is 0 Å². The average molecular weight is 270 g/mol. The topological polar surface area (TPSA) is 38.9 Å². The van der Waals surface area contributed by atoms with Gasteiger partial charge in [0, 0.05) is 21.4 Å². The van der Waals surface area contributed by atoms with Gasteiger partial charge in [0.2, 0.25) is 11.8 Å². The van der Waals surface area contributed by atoms with Crippen LogP contribution in [0.4, 0.5) is 0 Å². The summed E-state index contributed by atoms with van der Waals surface area (Å²) in [4.78, 5) is 1.24. The smallest absolute Gasteiger partial charge is 0.249 e. The van der Waals surface area contributed by atoms with Crippen LogP contribution in [0.15, 0.2) is 34.1 Å². The monoisotopic (exact) mass is 270 g/mol. The van der Waals surface area contributed by atoms with Gasteiger partial charge in [0.05, 0.1) is 0 Å². The molecule has 0 bridgehead atoms. The van der Waals surface area contributed by atoms with Crippen LogP contribution in [0.5, 0.6) is 0 Å². The minimum atomic E-state index is 0.575. The molecule has 3 rings (SSSR count). The molecule has 3 aromatic rings. The maximum atomic E-state index is 5.76. The molecule has 1 aromatic carbocycles. The Labute approximate surface area is 115 Å². The maximum absolute atomic E-state index is 5.76. The summed E-state index contributed by atoms with van der Waals surface area (Å²) in [5.74, 6) is 1.16. The Morgan fingerprint density at radius 1 is 0.842 bits per heavy atom. The highest BCUT2D eigenvalue weighted by Crippen LogP contribution is 2.27. The normalized spacial score (nSPS) is 10.9. The van der Waals surface area contributed by atoms with Crippen LogP contribution in [0.1, 0.15) is 16.0 Å². The molecular formula is C15H14N2OS. The molecule has 0 aliphatic rings. The standard InChI is InChI=1S/C15H14N2OS/c1-9-4-10(2)6-12(5-9)14-16-17-15(18-14)13-7-11(3)19-8-13/h4-8H,1-3H3. The van der Waals surface area contributed by atoms with Crippen LogP contribution in [0.25, 0.3) is 22.9 Å². The molecule has 0 atom stereocenters. The molecule has 0 aliphatic carbocycles. The molecule has 0 amide bonds. The molecule has 0 aliphatic heterocycles. The average Bonchev–Trinajstić information content (AvgIpc) is 2.95. The summed E-state index contributed by atoms with van der Waals surface area (Å²) in [6, 6.07) is 8.30. The number of benzene rings is 1. The third kappa shape index (κ3) is 2.44. The molecule has 0 spiro atoms. The Morgan fingerprint density at radius 2 is 1.47 bits per heavy atom. The lowest BCUT2D eigenvalue weighted by Crippen LogP contribution is -1.82. The van der Waals surface area contributed by atoms with Crippen molar-refractivity contribution < 1.29 is 4.42 Å². The molecular weight excluding hydrogens is 256 g/mol. The summed E-state index contributed by atoms with van der Waals surface area (Å²) >= 11 is 1.68. The van der Waals surface area contributed by atoms with Crippen LogP contribution in [-0.2, 0) is 0 Å². The number of thiophene rings is 1. The Hall–Kier alpha value is -1.94. The van der Waals surface area contributed by atoms with E-state index in [0.29, 0.717) is 11.8 Å². The van der Waals surface area contributed by atoms with Gasteiger partial charge >= 0.3 is 0 Å². The molecule has 19 heavy (non-hydrogen) atoms. The first-order chi connectivity index (χ1) is 9.11. The van der Waals surface area contributed by atoms with E-state index < -0.39 is 0 Å². The fraction of sp³-hybridized carbons (Fsp3) is 0.200. The van der Waals surface area contributed by atoms with E-state index in [0.717, 1.165) is 11.1 Å². The van der Waals surface area contributed by atoms with Gasteiger partial charge in [0.25, 0.3) is 0 Å². The van der Waals surface area contributed by atoms with Gasteiger partial charge in [-0.15, -0.1) is 21.5 Å². The summed E-state index contributed by atoms with van der Waals surface area (Å²) in [6.45, 7) is 6.20. The summed E-state index contributed by atoms with van der Waals surface area (Å²) < 4.78 is 5.76. The zero-order valence-corrected chi connectivity index (χ0v) is 11.9. The highest BCUT2D eigenvalue weighted by atomic mass is 32.1.